The van der Waals surface area contributed by atoms with Gasteiger partial charge in [-0.3, -0.25) is 4.79 Å². The molecule has 1 atom stereocenters. The molecular weight excluding hydrogens is 406 g/mol. The van der Waals surface area contributed by atoms with Gasteiger partial charge in [-0.25, -0.2) is 0 Å². The molecule has 0 saturated carbocycles. The van der Waals surface area contributed by atoms with Gasteiger partial charge in [-0.05, 0) is 69.2 Å². The van der Waals surface area contributed by atoms with Gasteiger partial charge in [-0.2, -0.15) is 0 Å². The number of aromatic nitrogens is 3. The molecule has 0 radical (unpaired) electrons. The Balaban J connectivity index is 1.67. The lowest BCUT2D eigenvalue weighted by Gasteiger charge is -2.21. The molecule has 0 spiro atoms. The van der Waals surface area contributed by atoms with Gasteiger partial charge < -0.3 is 14.8 Å². The highest BCUT2D eigenvalue weighted by Crippen LogP contribution is 2.27. The number of benzene rings is 2. The summed E-state index contributed by atoms with van der Waals surface area (Å²) in [4.78, 5) is 14.9. The first-order valence-electron chi connectivity index (χ1n) is 10.8. The maximum Gasteiger partial charge on any atom is 0.237 e. The van der Waals surface area contributed by atoms with Crippen LogP contribution in [-0.2, 0) is 18.3 Å². The summed E-state index contributed by atoms with van der Waals surface area (Å²) in [6.45, 7) is 10.3. The number of nitrogens with zero attached hydrogens (tertiary/aromatic N) is 4. The molecule has 1 aromatic heterocycles. The largest absolute Gasteiger partial charge is 0.372 e. The topological polar surface area (TPSA) is 63.1 Å². The molecule has 1 amide bonds. The fraction of sp³-hybridized carbons (Fsp3) is 0.375. The SMILES string of the molecule is CCc1ccc(NC(=O)C(C)Sc2nnc(-c3ccc(N(CC)CC)cc3)n2C)cc1. The predicted octanol–water partition coefficient (Wildman–Crippen LogP) is 5.01. The minimum absolute atomic E-state index is 0.0534. The van der Waals surface area contributed by atoms with Gasteiger partial charge in [0.15, 0.2) is 11.0 Å². The Bertz CT molecular complexity index is 994. The van der Waals surface area contributed by atoms with Gasteiger partial charge in [-0.1, -0.05) is 30.8 Å². The third-order valence-corrected chi connectivity index (χ3v) is 6.50. The van der Waals surface area contributed by atoms with E-state index in [0.29, 0.717) is 5.16 Å². The first-order chi connectivity index (χ1) is 15.0. The van der Waals surface area contributed by atoms with Gasteiger partial charge in [0, 0.05) is 37.1 Å². The molecule has 0 saturated heterocycles. The molecule has 7 heteroatoms. The Labute approximate surface area is 189 Å². The van der Waals surface area contributed by atoms with Crippen LogP contribution in [0, 0.1) is 0 Å². The monoisotopic (exact) mass is 437 g/mol. The van der Waals surface area contributed by atoms with Crippen molar-refractivity contribution in [3.8, 4) is 11.4 Å². The molecule has 2 aromatic carbocycles. The molecule has 1 unspecified atom stereocenters. The number of nitrogens with one attached hydrogen (secondary N) is 1. The number of carbonyl (C=O) groups excluding carboxylic acids is 1. The van der Waals surface area contributed by atoms with Crippen LogP contribution >= 0.6 is 11.8 Å². The molecule has 6 nitrogen and oxygen atoms in total. The van der Waals surface area contributed by atoms with E-state index in [2.05, 4.69) is 65.5 Å². The summed E-state index contributed by atoms with van der Waals surface area (Å²) >= 11 is 1.41. The number of anilines is 2. The van der Waals surface area contributed by atoms with E-state index in [1.165, 1.54) is 23.0 Å². The average Bonchev–Trinajstić information content (AvgIpc) is 3.15. The van der Waals surface area contributed by atoms with E-state index >= 15 is 0 Å². The molecule has 1 heterocycles. The van der Waals surface area contributed by atoms with Crippen molar-refractivity contribution in [1.82, 2.24) is 14.8 Å². The van der Waals surface area contributed by atoms with Crippen molar-refractivity contribution in [3.63, 3.8) is 0 Å². The summed E-state index contributed by atoms with van der Waals surface area (Å²) in [5.74, 6) is 0.735. The number of rotatable bonds is 9. The van der Waals surface area contributed by atoms with Gasteiger partial charge in [0.1, 0.15) is 0 Å². The van der Waals surface area contributed by atoms with Crippen LogP contribution in [0.3, 0.4) is 0 Å². The number of hydrogen-bond donors (Lipinski definition) is 1. The zero-order valence-corrected chi connectivity index (χ0v) is 19.7. The maximum absolute atomic E-state index is 12.6. The van der Waals surface area contributed by atoms with Crippen molar-refractivity contribution in [2.45, 2.75) is 44.5 Å². The van der Waals surface area contributed by atoms with E-state index in [1.807, 2.05) is 42.8 Å². The summed E-state index contributed by atoms with van der Waals surface area (Å²) in [5, 5.41) is 12.1. The smallest absolute Gasteiger partial charge is 0.237 e. The van der Waals surface area contributed by atoms with Crippen LogP contribution in [-0.4, -0.2) is 39.0 Å². The van der Waals surface area contributed by atoms with Gasteiger partial charge >= 0.3 is 0 Å². The summed E-state index contributed by atoms with van der Waals surface area (Å²) in [6.07, 6.45) is 0.979. The fourth-order valence-electron chi connectivity index (χ4n) is 3.36. The lowest BCUT2D eigenvalue weighted by Crippen LogP contribution is -2.22. The molecular formula is C24H31N5OS. The van der Waals surface area contributed by atoms with Gasteiger partial charge in [0.25, 0.3) is 0 Å². The molecule has 0 aliphatic carbocycles. The summed E-state index contributed by atoms with van der Waals surface area (Å²) in [6, 6.07) is 16.3. The maximum atomic E-state index is 12.6. The van der Waals surface area contributed by atoms with E-state index in [1.54, 1.807) is 0 Å². The molecule has 3 aromatic rings. The molecule has 0 aliphatic heterocycles. The number of aryl methyl sites for hydroxylation is 1. The summed E-state index contributed by atoms with van der Waals surface area (Å²) in [7, 11) is 1.93. The third kappa shape index (κ3) is 5.47. The lowest BCUT2D eigenvalue weighted by molar-refractivity contribution is -0.115. The van der Waals surface area contributed by atoms with Crippen LogP contribution in [0.5, 0.6) is 0 Å². The van der Waals surface area contributed by atoms with Crippen molar-refractivity contribution in [2.75, 3.05) is 23.3 Å². The zero-order chi connectivity index (χ0) is 22.4. The minimum atomic E-state index is -0.299. The summed E-state index contributed by atoms with van der Waals surface area (Å²) < 4.78 is 1.94. The molecule has 0 aliphatic rings. The number of thioether (sulfide) groups is 1. The van der Waals surface area contributed by atoms with Crippen LogP contribution in [0.25, 0.3) is 11.4 Å². The quantitative estimate of drug-likeness (QED) is 0.477. The van der Waals surface area contributed by atoms with Crippen molar-refractivity contribution in [1.29, 1.82) is 0 Å². The van der Waals surface area contributed by atoms with E-state index in [9.17, 15) is 4.79 Å². The molecule has 164 valence electrons. The molecule has 3 rings (SSSR count). The highest BCUT2D eigenvalue weighted by molar-refractivity contribution is 8.00. The molecule has 0 bridgehead atoms. The second-order valence-electron chi connectivity index (χ2n) is 7.38. The van der Waals surface area contributed by atoms with Crippen molar-refractivity contribution >= 4 is 29.0 Å². The fourth-order valence-corrected chi connectivity index (χ4v) is 4.17. The standard InChI is InChI=1S/C24H31N5OS/c1-6-18-9-13-20(14-10-18)25-23(30)17(4)31-24-27-26-22(28(24)5)19-11-15-21(16-12-19)29(7-2)8-3/h9-17H,6-8H2,1-5H3,(H,25,30). The molecule has 1 N–H and O–H groups in total. The van der Waals surface area contributed by atoms with Crippen LogP contribution in [0.1, 0.15) is 33.3 Å². The van der Waals surface area contributed by atoms with Gasteiger partial charge in [0.05, 0.1) is 5.25 Å². The number of carbonyl (C=O) groups is 1. The molecule has 0 fully saturated rings. The normalized spacial score (nSPS) is 11.9. The number of hydrogen-bond acceptors (Lipinski definition) is 5. The van der Waals surface area contributed by atoms with Crippen LogP contribution in [0.4, 0.5) is 11.4 Å². The van der Waals surface area contributed by atoms with E-state index < -0.39 is 0 Å². The second-order valence-corrected chi connectivity index (χ2v) is 8.69. The molecule has 31 heavy (non-hydrogen) atoms. The highest BCUT2D eigenvalue weighted by Gasteiger charge is 2.19. The van der Waals surface area contributed by atoms with Crippen LogP contribution < -0.4 is 10.2 Å². The Hall–Kier alpha value is -2.80. The third-order valence-electron chi connectivity index (χ3n) is 5.37. The second kappa shape index (κ2) is 10.5. The first kappa shape index (κ1) is 22.9. The van der Waals surface area contributed by atoms with Crippen molar-refractivity contribution in [3.05, 3.63) is 54.1 Å². The van der Waals surface area contributed by atoms with Gasteiger partial charge in [-0.15, -0.1) is 10.2 Å². The van der Waals surface area contributed by atoms with Crippen LogP contribution in [0.2, 0.25) is 0 Å². The van der Waals surface area contributed by atoms with Crippen molar-refractivity contribution < 1.29 is 4.79 Å². The van der Waals surface area contributed by atoms with E-state index in [0.717, 1.165) is 36.6 Å². The predicted molar refractivity (Wildman–Crippen MR) is 130 cm³/mol. The van der Waals surface area contributed by atoms with E-state index in [4.69, 9.17) is 0 Å². The van der Waals surface area contributed by atoms with E-state index in [-0.39, 0.29) is 11.2 Å². The van der Waals surface area contributed by atoms with Gasteiger partial charge in [0.2, 0.25) is 5.91 Å². The average molecular weight is 438 g/mol. The Morgan fingerprint density at radius 1 is 1.03 bits per heavy atom. The highest BCUT2D eigenvalue weighted by atomic mass is 32.2. The Morgan fingerprint density at radius 3 is 2.26 bits per heavy atom. The Kier molecular flexibility index (Phi) is 7.74. The summed E-state index contributed by atoms with van der Waals surface area (Å²) in [5.41, 5.74) is 4.26. The number of amides is 1. The first-order valence-corrected chi connectivity index (χ1v) is 11.7. The zero-order valence-electron chi connectivity index (χ0n) is 18.9. The lowest BCUT2D eigenvalue weighted by atomic mass is 10.1. The van der Waals surface area contributed by atoms with Crippen LogP contribution in [0.15, 0.2) is 53.7 Å². The Morgan fingerprint density at radius 2 is 1.68 bits per heavy atom. The van der Waals surface area contributed by atoms with Crippen molar-refractivity contribution in [2.24, 2.45) is 7.05 Å². The minimum Gasteiger partial charge on any atom is -0.372 e.